The van der Waals surface area contributed by atoms with Crippen molar-refractivity contribution in [2.45, 2.75) is 6.92 Å². The summed E-state index contributed by atoms with van der Waals surface area (Å²) in [6.07, 6.45) is 2.96. The number of rotatable bonds is 5. The standard InChI is InChI=1S/C16H14BrNO4/c1-2-21-15(19)9-6-11-4-3-5-12(10-11)18-16(20)13-7-8-14(17)22-13/h3-10H,2H2,1H3,(H,18,20). The van der Waals surface area contributed by atoms with Crippen LogP contribution in [0.3, 0.4) is 0 Å². The van der Waals surface area contributed by atoms with Crippen LogP contribution in [-0.2, 0) is 9.53 Å². The molecular weight excluding hydrogens is 350 g/mol. The van der Waals surface area contributed by atoms with Gasteiger partial charge in [0.15, 0.2) is 10.4 Å². The van der Waals surface area contributed by atoms with Crippen molar-refractivity contribution in [2.24, 2.45) is 0 Å². The number of halogens is 1. The lowest BCUT2D eigenvalue weighted by Crippen LogP contribution is -2.10. The van der Waals surface area contributed by atoms with Gasteiger partial charge in [-0.25, -0.2) is 4.79 Å². The van der Waals surface area contributed by atoms with Gasteiger partial charge in [0, 0.05) is 11.8 Å². The molecule has 22 heavy (non-hydrogen) atoms. The number of nitrogens with one attached hydrogen (secondary N) is 1. The number of esters is 1. The minimum Gasteiger partial charge on any atom is -0.463 e. The molecule has 1 N–H and O–H groups in total. The lowest BCUT2D eigenvalue weighted by atomic mass is 10.2. The van der Waals surface area contributed by atoms with Crippen LogP contribution in [-0.4, -0.2) is 18.5 Å². The van der Waals surface area contributed by atoms with Gasteiger partial charge in [-0.2, -0.15) is 0 Å². The second-order valence-corrected chi connectivity index (χ2v) is 5.05. The van der Waals surface area contributed by atoms with E-state index in [1.807, 2.05) is 6.07 Å². The summed E-state index contributed by atoms with van der Waals surface area (Å²) in [5, 5.41) is 2.72. The second kappa shape index (κ2) is 7.61. The van der Waals surface area contributed by atoms with Gasteiger partial charge >= 0.3 is 5.97 Å². The molecule has 1 amide bonds. The van der Waals surface area contributed by atoms with E-state index in [4.69, 9.17) is 9.15 Å². The van der Waals surface area contributed by atoms with Crippen molar-refractivity contribution in [1.29, 1.82) is 0 Å². The molecule has 114 valence electrons. The second-order valence-electron chi connectivity index (χ2n) is 4.27. The molecule has 1 aromatic heterocycles. The third kappa shape index (κ3) is 4.60. The number of hydrogen-bond donors (Lipinski definition) is 1. The van der Waals surface area contributed by atoms with Gasteiger partial charge in [-0.05, 0) is 58.8 Å². The predicted octanol–water partition coefficient (Wildman–Crippen LogP) is 3.87. The molecule has 0 radical (unpaired) electrons. The van der Waals surface area contributed by atoms with Gasteiger partial charge in [-0.1, -0.05) is 12.1 Å². The Kier molecular flexibility index (Phi) is 5.55. The molecule has 0 aliphatic heterocycles. The van der Waals surface area contributed by atoms with Crippen molar-refractivity contribution < 1.29 is 18.7 Å². The fraction of sp³-hybridized carbons (Fsp3) is 0.125. The zero-order valence-electron chi connectivity index (χ0n) is 11.8. The Morgan fingerprint density at radius 3 is 2.82 bits per heavy atom. The fourth-order valence-corrected chi connectivity index (χ4v) is 2.01. The van der Waals surface area contributed by atoms with Gasteiger partial charge in [-0.3, -0.25) is 4.79 Å². The number of amides is 1. The quantitative estimate of drug-likeness (QED) is 0.646. The Morgan fingerprint density at radius 2 is 2.14 bits per heavy atom. The van der Waals surface area contributed by atoms with Crippen LogP contribution in [0.1, 0.15) is 23.0 Å². The van der Waals surface area contributed by atoms with Crippen molar-refractivity contribution in [2.75, 3.05) is 11.9 Å². The Labute approximate surface area is 136 Å². The molecule has 1 aromatic carbocycles. The van der Waals surface area contributed by atoms with E-state index < -0.39 is 5.97 Å². The average Bonchev–Trinajstić information content (AvgIpc) is 2.93. The topological polar surface area (TPSA) is 68.5 Å². The highest BCUT2D eigenvalue weighted by Gasteiger charge is 2.10. The van der Waals surface area contributed by atoms with Gasteiger partial charge in [0.2, 0.25) is 0 Å². The summed E-state index contributed by atoms with van der Waals surface area (Å²) in [7, 11) is 0. The molecule has 0 unspecified atom stereocenters. The molecule has 1 heterocycles. The number of ether oxygens (including phenoxy) is 1. The van der Waals surface area contributed by atoms with Crippen molar-refractivity contribution in [3.63, 3.8) is 0 Å². The van der Waals surface area contributed by atoms with Crippen molar-refractivity contribution in [3.8, 4) is 0 Å². The molecule has 0 aliphatic rings. The molecule has 6 heteroatoms. The van der Waals surface area contributed by atoms with Crippen LogP contribution in [0.25, 0.3) is 6.08 Å². The van der Waals surface area contributed by atoms with E-state index in [-0.39, 0.29) is 11.7 Å². The maximum atomic E-state index is 12.0. The van der Waals surface area contributed by atoms with Crippen molar-refractivity contribution >= 4 is 39.6 Å². The minimum atomic E-state index is -0.405. The highest BCUT2D eigenvalue weighted by molar-refractivity contribution is 9.10. The number of anilines is 1. The molecular formula is C16H14BrNO4. The predicted molar refractivity (Wildman–Crippen MR) is 86.5 cm³/mol. The molecule has 0 spiro atoms. The van der Waals surface area contributed by atoms with E-state index in [2.05, 4.69) is 21.2 Å². The smallest absolute Gasteiger partial charge is 0.330 e. The van der Waals surface area contributed by atoms with E-state index in [0.29, 0.717) is 17.0 Å². The fourth-order valence-electron chi connectivity index (χ4n) is 1.70. The molecule has 0 bridgehead atoms. The van der Waals surface area contributed by atoms with Crippen LogP contribution in [0.4, 0.5) is 5.69 Å². The van der Waals surface area contributed by atoms with Crippen LogP contribution in [0.15, 0.2) is 51.6 Å². The Hall–Kier alpha value is -2.34. The minimum absolute atomic E-state index is 0.208. The number of furan rings is 1. The molecule has 0 atom stereocenters. The maximum absolute atomic E-state index is 12.0. The zero-order valence-corrected chi connectivity index (χ0v) is 13.4. The van der Waals surface area contributed by atoms with Gasteiger partial charge < -0.3 is 14.5 Å². The lowest BCUT2D eigenvalue weighted by Gasteiger charge is -2.04. The summed E-state index contributed by atoms with van der Waals surface area (Å²) in [5.41, 5.74) is 1.37. The number of benzene rings is 1. The van der Waals surface area contributed by atoms with E-state index in [0.717, 1.165) is 5.56 Å². The largest absolute Gasteiger partial charge is 0.463 e. The first-order valence-corrected chi connectivity index (χ1v) is 7.39. The molecule has 0 saturated heterocycles. The van der Waals surface area contributed by atoms with Gasteiger partial charge in [0.05, 0.1) is 6.61 Å². The van der Waals surface area contributed by atoms with E-state index >= 15 is 0 Å². The SMILES string of the molecule is CCOC(=O)C=Cc1cccc(NC(=O)c2ccc(Br)o2)c1. The summed E-state index contributed by atoms with van der Waals surface area (Å²) < 4.78 is 10.5. The van der Waals surface area contributed by atoms with Gasteiger partial charge in [0.1, 0.15) is 0 Å². The Bertz CT molecular complexity index is 706. The first-order valence-electron chi connectivity index (χ1n) is 6.60. The van der Waals surface area contributed by atoms with Crippen LogP contribution >= 0.6 is 15.9 Å². The first-order chi connectivity index (χ1) is 10.6. The molecule has 2 aromatic rings. The number of carbonyl (C=O) groups excluding carboxylic acids is 2. The zero-order chi connectivity index (χ0) is 15.9. The molecule has 5 nitrogen and oxygen atoms in total. The number of carbonyl (C=O) groups is 2. The summed E-state index contributed by atoms with van der Waals surface area (Å²) in [5.74, 6) is -0.547. The molecule has 0 fully saturated rings. The summed E-state index contributed by atoms with van der Waals surface area (Å²) in [6, 6.07) is 10.3. The van der Waals surface area contributed by atoms with Crippen molar-refractivity contribution in [1.82, 2.24) is 0 Å². The van der Waals surface area contributed by atoms with Crippen LogP contribution in [0.2, 0.25) is 0 Å². The van der Waals surface area contributed by atoms with E-state index in [1.165, 1.54) is 6.08 Å². The Morgan fingerprint density at radius 1 is 1.32 bits per heavy atom. The highest BCUT2D eigenvalue weighted by atomic mass is 79.9. The molecule has 0 saturated carbocycles. The summed E-state index contributed by atoms with van der Waals surface area (Å²) in [4.78, 5) is 23.2. The van der Waals surface area contributed by atoms with Crippen LogP contribution < -0.4 is 5.32 Å². The average molecular weight is 364 g/mol. The molecule has 2 rings (SSSR count). The first kappa shape index (κ1) is 16.0. The van der Waals surface area contributed by atoms with Gasteiger partial charge in [0.25, 0.3) is 5.91 Å². The van der Waals surface area contributed by atoms with Gasteiger partial charge in [-0.15, -0.1) is 0 Å². The van der Waals surface area contributed by atoms with Crippen LogP contribution in [0.5, 0.6) is 0 Å². The maximum Gasteiger partial charge on any atom is 0.330 e. The highest BCUT2D eigenvalue weighted by Crippen LogP contribution is 2.17. The van der Waals surface area contributed by atoms with Crippen LogP contribution in [0, 0.1) is 0 Å². The monoisotopic (exact) mass is 363 g/mol. The Balaban J connectivity index is 2.05. The third-order valence-corrected chi connectivity index (χ3v) is 3.07. The normalized spacial score (nSPS) is 10.6. The molecule has 0 aliphatic carbocycles. The third-order valence-electron chi connectivity index (χ3n) is 2.64. The van der Waals surface area contributed by atoms with E-state index in [9.17, 15) is 9.59 Å². The summed E-state index contributed by atoms with van der Waals surface area (Å²) in [6.45, 7) is 2.08. The van der Waals surface area contributed by atoms with Crippen molar-refractivity contribution in [3.05, 3.63) is 58.5 Å². The lowest BCUT2D eigenvalue weighted by molar-refractivity contribution is -0.137. The summed E-state index contributed by atoms with van der Waals surface area (Å²) >= 11 is 3.14. The van der Waals surface area contributed by atoms with E-state index in [1.54, 1.807) is 43.3 Å². The number of hydrogen-bond acceptors (Lipinski definition) is 4.